The molecule has 0 rings (SSSR count). The van der Waals surface area contributed by atoms with Gasteiger partial charge in [0.25, 0.3) is 0 Å². The molecule has 4 unspecified atom stereocenters. The van der Waals surface area contributed by atoms with E-state index in [1.165, 1.54) is 57.8 Å². The minimum atomic E-state index is -4.38. The zero-order valence-electron chi connectivity index (χ0n) is 26.6. The Morgan fingerprint density at radius 3 is 1.95 bits per heavy atom. The van der Waals surface area contributed by atoms with E-state index in [4.69, 9.17) is 14.8 Å². The van der Waals surface area contributed by atoms with Crippen LogP contribution in [0.4, 0.5) is 0 Å². The molecule has 0 aliphatic heterocycles. The lowest BCUT2D eigenvalue weighted by Crippen LogP contribution is -2.46. The van der Waals surface area contributed by atoms with Crippen molar-refractivity contribution in [3.8, 4) is 0 Å². The minimum absolute atomic E-state index is 0.0474. The first-order valence-electron chi connectivity index (χ1n) is 16.5. The van der Waals surface area contributed by atoms with E-state index in [1.54, 1.807) is 6.08 Å². The molecule has 0 aromatic rings. The van der Waals surface area contributed by atoms with Gasteiger partial charge in [0.2, 0.25) is 5.91 Å². The summed E-state index contributed by atoms with van der Waals surface area (Å²) in [6, 6.07) is -0.981. The number of hydrogen-bond donors (Lipinski definition) is 5. The lowest BCUT2D eigenvalue weighted by Gasteiger charge is -2.24. The molecule has 1 amide bonds. The van der Waals surface area contributed by atoms with Gasteiger partial charge in [0.1, 0.15) is 0 Å². The van der Waals surface area contributed by atoms with Gasteiger partial charge in [-0.3, -0.25) is 13.8 Å². The molecule has 248 valence electrons. The molecule has 6 N–H and O–H groups in total. The van der Waals surface area contributed by atoms with Gasteiger partial charge in [0.15, 0.2) is 0 Å². The van der Waals surface area contributed by atoms with E-state index >= 15 is 0 Å². The second kappa shape index (κ2) is 28.7. The van der Waals surface area contributed by atoms with Gasteiger partial charge in [0, 0.05) is 6.54 Å². The van der Waals surface area contributed by atoms with Crippen molar-refractivity contribution in [3.05, 3.63) is 24.3 Å². The molecule has 0 spiro atoms. The van der Waals surface area contributed by atoms with Gasteiger partial charge in [-0.2, -0.15) is 0 Å². The Labute approximate surface area is 256 Å². The van der Waals surface area contributed by atoms with Crippen LogP contribution in [0.2, 0.25) is 0 Å². The van der Waals surface area contributed by atoms with E-state index in [0.717, 1.165) is 51.4 Å². The maximum absolute atomic E-state index is 12.6. The molecule has 0 aromatic heterocycles. The summed E-state index contributed by atoms with van der Waals surface area (Å²) in [5, 5.41) is 23.7. The Bertz CT molecular complexity index is 736. The molecule has 0 aromatic carbocycles. The van der Waals surface area contributed by atoms with Crippen molar-refractivity contribution in [3.63, 3.8) is 0 Å². The summed E-state index contributed by atoms with van der Waals surface area (Å²) >= 11 is 0. The molecule has 0 radical (unpaired) electrons. The minimum Gasteiger partial charge on any atom is -0.393 e. The first-order valence-corrected chi connectivity index (χ1v) is 18.0. The molecule has 42 heavy (non-hydrogen) atoms. The SMILES string of the molecule is CCCCC/C=C\CCCCCC(O)CC(=O)NC(COP(=O)(O)OCCN)C(O)/C=C/CCCCCCCCCC. The summed E-state index contributed by atoms with van der Waals surface area (Å²) in [6.07, 6.45) is 25.6. The van der Waals surface area contributed by atoms with Crippen LogP contribution in [0.25, 0.3) is 0 Å². The molecule has 9 nitrogen and oxygen atoms in total. The van der Waals surface area contributed by atoms with E-state index in [0.29, 0.717) is 6.42 Å². The number of carbonyl (C=O) groups is 1. The maximum Gasteiger partial charge on any atom is 0.472 e. The van der Waals surface area contributed by atoms with Crippen molar-refractivity contribution >= 4 is 13.7 Å². The molecule has 0 aliphatic carbocycles. The number of rotatable bonds is 30. The number of hydrogen-bond acceptors (Lipinski definition) is 7. The highest BCUT2D eigenvalue weighted by Gasteiger charge is 2.27. The van der Waals surface area contributed by atoms with Crippen LogP contribution in [-0.4, -0.2) is 59.0 Å². The Hall–Kier alpha value is -1.06. The third-order valence-corrected chi connectivity index (χ3v) is 8.06. The molecule has 0 saturated heterocycles. The van der Waals surface area contributed by atoms with Crippen LogP contribution in [0.15, 0.2) is 24.3 Å². The number of carbonyl (C=O) groups excluding carboxylic acids is 1. The molecule has 10 heteroatoms. The highest BCUT2D eigenvalue weighted by Crippen LogP contribution is 2.43. The van der Waals surface area contributed by atoms with Crippen LogP contribution in [-0.2, 0) is 18.4 Å². The average Bonchev–Trinajstić information content (AvgIpc) is 2.96. The summed E-state index contributed by atoms with van der Waals surface area (Å²) in [5.74, 6) is -0.461. The quantitative estimate of drug-likeness (QED) is 0.0333. The summed E-state index contributed by atoms with van der Waals surface area (Å²) in [5.41, 5.74) is 5.32. The van der Waals surface area contributed by atoms with Crippen molar-refractivity contribution in [1.82, 2.24) is 5.32 Å². The zero-order chi connectivity index (χ0) is 31.3. The Balaban J connectivity index is 4.58. The topological polar surface area (TPSA) is 151 Å². The Morgan fingerprint density at radius 2 is 1.33 bits per heavy atom. The molecule has 0 bridgehead atoms. The fourth-order valence-corrected chi connectivity index (χ4v) is 5.28. The van der Waals surface area contributed by atoms with Crippen molar-refractivity contribution in [2.75, 3.05) is 19.8 Å². The highest BCUT2D eigenvalue weighted by atomic mass is 31.2. The van der Waals surface area contributed by atoms with Gasteiger partial charge in [0.05, 0.1) is 37.9 Å². The van der Waals surface area contributed by atoms with E-state index in [2.05, 4.69) is 31.3 Å². The average molecular weight is 619 g/mol. The third kappa shape index (κ3) is 26.6. The zero-order valence-corrected chi connectivity index (χ0v) is 27.5. The predicted molar refractivity (Wildman–Crippen MR) is 172 cm³/mol. The number of aliphatic hydroxyl groups is 2. The number of amides is 1. The second-order valence-corrected chi connectivity index (χ2v) is 12.7. The lowest BCUT2D eigenvalue weighted by atomic mass is 10.0. The fraction of sp³-hybridized carbons (Fsp3) is 0.844. The van der Waals surface area contributed by atoms with Crippen molar-refractivity contribution < 1.29 is 33.5 Å². The van der Waals surface area contributed by atoms with Crippen LogP contribution in [0.3, 0.4) is 0 Å². The monoisotopic (exact) mass is 618 g/mol. The Kier molecular flexibility index (Phi) is 28.0. The largest absolute Gasteiger partial charge is 0.472 e. The van der Waals surface area contributed by atoms with Gasteiger partial charge in [-0.1, -0.05) is 109 Å². The van der Waals surface area contributed by atoms with E-state index < -0.39 is 38.6 Å². The lowest BCUT2D eigenvalue weighted by molar-refractivity contribution is -0.124. The smallest absolute Gasteiger partial charge is 0.393 e. The van der Waals surface area contributed by atoms with Crippen molar-refractivity contribution in [2.45, 2.75) is 154 Å². The van der Waals surface area contributed by atoms with Gasteiger partial charge in [-0.25, -0.2) is 4.57 Å². The van der Waals surface area contributed by atoms with E-state index in [1.807, 2.05) is 6.08 Å². The Morgan fingerprint density at radius 1 is 0.810 bits per heavy atom. The van der Waals surface area contributed by atoms with Crippen LogP contribution in [0, 0.1) is 0 Å². The van der Waals surface area contributed by atoms with Gasteiger partial charge in [-0.05, 0) is 44.9 Å². The summed E-state index contributed by atoms with van der Waals surface area (Å²) in [6.45, 7) is 3.86. The van der Waals surface area contributed by atoms with Crippen LogP contribution < -0.4 is 11.1 Å². The molecule has 4 atom stereocenters. The third-order valence-electron chi connectivity index (χ3n) is 7.08. The highest BCUT2D eigenvalue weighted by molar-refractivity contribution is 7.47. The standard InChI is InChI=1S/C32H63N2O7P/c1-3-5-7-9-11-13-15-17-19-21-23-29(35)27-32(37)34-30(28-41-42(38,39)40-26-25-33)31(36)24-22-20-18-16-14-12-10-8-6-4-2/h11,13,22,24,29-31,35-36H,3-10,12,14-21,23,25-28,33H2,1-2H3,(H,34,37)(H,38,39)/b13-11-,24-22+. The number of nitrogens with two attached hydrogens (primary N) is 1. The van der Waals surface area contributed by atoms with Gasteiger partial charge < -0.3 is 26.2 Å². The molecule has 0 heterocycles. The fourth-order valence-electron chi connectivity index (χ4n) is 4.52. The maximum atomic E-state index is 12.6. The number of unbranched alkanes of at least 4 members (excludes halogenated alkanes) is 14. The first kappa shape index (κ1) is 40.9. The van der Waals surface area contributed by atoms with E-state index in [-0.39, 0.29) is 19.6 Å². The first-order chi connectivity index (χ1) is 20.3. The molecule has 0 saturated carbocycles. The van der Waals surface area contributed by atoms with E-state index in [9.17, 15) is 24.5 Å². The predicted octanol–water partition coefficient (Wildman–Crippen LogP) is 6.85. The van der Waals surface area contributed by atoms with Crippen LogP contribution in [0.5, 0.6) is 0 Å². The summed E-state index contributed by atoms with van der Waals surface area (Å²) < 4.78 is 21.8. The number of aliphatic hydroxyl groups excluding tert-OH is 2. The number of allylic oxidation sites excluding steroid dienone is 3. The molecule has 0 aliphatic rings. The number of phosphoric ester groups is 1. The number of nitrogens with one attached hydrogen (secondary N) is 1. The van der Waals surface area contributed by atoms with Crippen molar-refractivity contribution in [1.29, 1.82) is 0 Å². The molecular weight excluding hydrogens is 555 g/mol. The molecule has 0 fully saturated rings. The summed E-state index contributed by atoms with van der Waals surface area (Å²) in [4.78, 5) is 22.5. The van der Waals surface area contributed by atoms with Crippen LogP contribution >= 0.6 is 7.82 Å². The number of phosphoric acid groups is 1. The van der Waals surface area contributed by atoms with Crippen LogP contribution in [0.1, 0.15) is 136 Å². The normalized spacial score (nSPS) is 15.7. The second-order valence-electron chi connectivity index (χ2n) is 11.2. The molecular formula is C32H63N2O7P. The van der Waals surface area contributed by atoms with Crippen molar-refractivity contribution in [2.24, 2.45) is 5.73 Å². The van der Waals surface area contributed by atoms with Gasteiger partial charge >= 0.3 is 7.82 Å². The van der Waals surface area contributed by atoms with Gasteiger partial charge in [-0.15, -0.1) is 0 Å². The summed E-state index contributed by atoms with van der Waals surface area (Å²) in [7, 11) is -4.38.